The molecular formula is C22H23N3O6S. The van der Waals surface area contributed by atoms with Crippen LogP contribution in [0.25, 0.3) is 0 Å². The molecule has 9 nitrogen and oxygen atoms in total. The summed E-state index contributed by atoms with van der Waals surface area (Å²) < 4.78 is 15.7. The molecule has 2 heterocycles. The highest BCUT2D eigenvalue weighted by Gasteiger charge is 2.30. The normalized spacial score (nSPS) is 16.5. The molecule has 2 aromatic rings. The number of thiophene rings is 1. The van der Waals surface area contributed by atoms with Crippen LogP contribution in [0.2, 0.25) is 0 Å². The van der Waals surface area contributed by atoms with Crippen LogP contribution in [0.4, 0.5) is 5.00 Å². The number of benzene rings is 1. The van der Waals surface area contributed by atoms with Gasteiger partial charge >= 0.3 is 17.8 Å². The van der Waals surface area contributed by atoms with E-state index in [1.54, 1.807) is 25.1 Å². The Kier molecular flexibility index (Phi) is 6.40. The highest BCUT2D eigenvalue weighted by Crippen LogP contribution is 2.40. The second kappa shape index (κ2) is 9.39. The third-order valence-corrected chi connectivity index (χ3v) is 6.37. The molecule has 32 heavy (non-hydrogen) atoms. The lowest BCUT2D eigenvalue weighted by Crippen LogP contribution is -2.32. The summed E-state index contributed by atoms with van der Waals surface area (Å²) in [6, 6.07) is 5.18. The maximum atomic E-state index is 12.5. The number of nitrogens with zero attached hydrogens (tertiary/aromatic N) is 1. The molecular weight excluding hydrogens is 434 g/mol. The zero-order valence-corrected chi connectivity index (χ0v) is 18.5. The lowest BCUT2D eigenvalue weighted by Gasteiger charge is -2.18. The van der Waals surface area contributed by atoms with Crippen molar-refractivity contribution >= 4 is 40.3 Å². The highest BCUT2D eigenvalue weighted by atomic mass is 32.1. The molecule has 168 valence electrons. The lowest BCUT2D eigenvalue weighted by atomic mass is 9.88. The van der Waals surface area contributed by atoms with Gasteiger partial charge in [-0.1, -0.05) is 6.92 Å². The van der Waals surface area contributed by atoms with Crippen molar-refractivity contribution in [2.24, 2.45) is 11.0 Å². The predicted molar refractivity (Wildman–Crippen MR) is 118 cm³/mol. The van der Waals surface area contributed by atoms with Gasteiger partial charge in [0.1, 0.15) is 5.00 Å². The van der Waals surface area contributed by atoms with Crippen molar-refractivity contribution in [2.45, 2.75) is 33.1 Å². The Morgan fingerprint density at radius 1 is 1.25 bits per heavy atom. The molecule has 4 rings (SSSR count). The summed E-state index contributed by atoms with van der Waals surface area (Å²) >= 11 is 1.32. The van der Waals surface area contributed by atoms with Crippen molar-refractivity contribution in [2.75, 3.05) is 18.7 Å². The van der Waals surface area contributed by atoms with Crippen molar-refractivity contribution in [3.63, 3.8) is 0 Å². The molecule has 0 unspecified atom stereocenters. The van der Waals surface area contributed by atoms with Crippen LogP contribution in [0.3, 0.4) is 0 Å². The van der Waals surface area contributed by atoms with Gasteiger partial charge in [0.15, 0.2) is 11.5 Å². The Morgan fingerprint density at radius 2 is 2.06 bits per heavy atom. The van der Waals surface area contributed by atoms with E-state index in [4.69, 9.17) is 14.2 Å². The number of nitrogens with one attached hydrogen (secondary N) is 2. The topological polar surface area (TPSA) is 115 Å². The Balaban J connectivity index is 1.43. The van der Waals surface area contributed by atoms with E-state index < -0.39 is 17.8 Å². The maximum Gasteiger partial charge on any atom is 0.341 e. The van der Waals surface area contributed by atoms with E-state index in [9.17, 15) is 14.4 Å². The molecule has 2 N–H and O–H groups in total. The van der Waals surface area contributed by atoms with E-state index in [1.807, 2.05) is 0 Å². The van der Waals surface area contributed by atoms with Gasteiger partial charge in [0, 0.05) is 4.88 Å². The molecule has 1 atom stereocenters. The van der Waals surface area contributed by atoms with Crippen molar-refractivity contribution in [1.29, 1.82) is 0 Å². The molecule has 2 aliphatic rings. The van der Waals surface area contributed by atoms with E-state index in [1.165, 1.54) is 17.6 Å². The van der Waals surface area contributed by atoms with Crippen LogP contribution in [-0.2, 0) is 27.2 Å². The third-order valence-electron chi connectivity index (χ3n) is 5.20. The second-order valence-electron chi connectivity index (χ2n) is 7.54. The summed E-state index contributed by atoms with van der Waals surface area (Å²) in [7, 11) is 0. The number of anilines is 1. The van der Waals surface area contributed by atoms with Crippen LogP contribution >= 0.6 is 11.3 Å². The van der Waals surface area contributed by atoms with Gasteiger partial charge < -0.3 is 19.5 Å². The first-order valence-electron chi connectivity index (χ1n) is 10.3. The molecule has 1 aromatic heterocycles. The van der Waals surface area contributed by atoms with Crippen LogP contribution < -0.4 is 20.2 Å². The third kappa shape index (κ3) is 4.59. The molecule has 0 radical (unpaired) electrons. The standard InChI is InChI=1S/C22H23N3O6S/c1-3-29-22(28)18-14-6-4-12(2)8-17(14)32-21(18)24-19(26)20(27)25-23-10-13-5-7-15-16(9-13)31-11-30-15/h5,7,9-10,12H,3-4,6,8,11H2,1-2H3,(H,24,26)(H,25,27)/b23-10-/t12-/m1/s1. The fraction of sp³-hybridized carbons (Fsp3) is 0.364. The van der Waals surface area contributed by atoms with Gasteiger partial charge in [-0.05, 0) is 61.4 Å². The molecule has 0 saturated heterocycles. The Labute approximate surface area is 188 Å². The summed E-state index contributed by atoms with van der Waals surface area (Å²) in [5, 5.41) is 6.72. The van der Waals surface area contributed by atoms with Crippen LogP contribution in [0.15, 0.2) is 23.3 Å². The second-order valence-corrected chi connectivity index (χ2v) is 8.65. The van der Waals surface area contributed by atoms with Gasteiger partial charge in [-0.25, -0.2) is 10.2 Å². The summed E-state index contributed by atoms with van der Waals surface area (Å²) in [5.74, 6) is -0.636. The van der Waals surface area contributed by atoms with Crippen LogP contribution in [0, 0.1) is 5.92 Å². The summed E-state index contributed by atoms with van der Waals surface area (Å²) in [5.41, 5.74) is 4.12. The summed E-state index contributed by atoms with van der Waals surface area (Å²) in [6.07, 6.45) is 3.92. The first-order valence-corrected chi connectivity index (χ1v) is 11.1. The number of amides is 2. The summed E-state index contributed by atoms with van der Waals surface area (Å²) in [6.45, 7) is 4.26. The van der Waals surface area contributed by atoms with Crippen molar-refractivity contribution in [1.82, 2.24) is 5.43 Å². The Morgan fingerprint density at radius 3 is 2.88 bits per heavy atom. The molecule has 0 saturated carbocycles. The minimum Gasteiger partial charge on any atom is -0.462 e. The number of carbonyl (C=O) groups is 3. The predicted octanol–water partition coefficient (Wildman–Crippen LogP) is 2.87. The first kappa shape index (κ1) is 21.8. The maximum absolute atomic E-state index is 12.5. The van der Waals surface area contributed by atoms with Gasteiger partial charge in [0.05, 0.1) is 18.4 Å². The average molecular weight is 458 g/mol. The van der Waals surface area contributed by atoms with Gasteiger partial charge in [0.2, 0.25) is 6.79 Å². The molecule has 0 spiro atoms. The number of hydrazone groups is 1. The molecule has 1 aliphatic carbocycles. The molecule has 10 heteroatoms. The van der Waals surface area contributed by atoms with Crippen LogP contribution in [-0.4, -0.2) is 37.4 Å². The Hall–Kier alpha value is -3.40. The minimum absolute atomic E-state index is 0.158. The van der Waals surface area contributed by atoms with Crippen molar-refractivity contribution in [3.8, 4) is 11.5 Å². The molecule has 0 fully saturated rings. The highest BCUT2D eigenvalue weighted by molar-refractivity contribution is 7.17. The van der Waals surface area contributed by atoms with Crippen molar-refractivity contribution in [3.05, 3.63) is 39.8 Å². The number of carbonyl (C=O) groups excluding carboxylic acids is 3. The lowest BCUT2D eigenvalue weighted by molar-refractivity contribution is -0.136. The SMILES string of the molecule is CCOC(=O)c1c(NC(=O)C(=O)N/N=C\c2ccc3c(c2)OCO3)sc2c1CC[C@@H](C)C2. The van der Waals surface area contributed by atoms with Crippen molar-refractivity contribution < 1.29 is 28.6 Å². The largest absolute Gasteiger partial charge is 0.462 e. The summed E-state index contributed by atoms with van der Waals surface area (Å²) in [4.78, 5) is 38.2. The smallest absolute Gasteiger partial charge is 0.341 e. The van der Waals surface area contributed by atoms with Gasteiger partial charge in [-0.15, -0.1) is 11.3 Å². The fourth-order valence-electron chi connectivity index (χ4n) is 3.63. The zero-order valence-electron chi connectivity index (χ0n) is 17.7. The average Bonchev–Trinajstić information content (AvgIpc) is 3.37. The molecule has 0 bridgehead atoms. The number of fused-ring (bicyclic) bond motifs is 2. The molecule has 1 aromatic carbocycles. The van der Waals surface area contributed by atoms with E-state index >= 15 is 0 Å². The van der Waals surface area contributed by atoms with E-state index in [2.05, 4.69) is 22.8 Å². The van der Waals surface area contributed by atoms with Gasteiger partial charge in [0.25, 0.3) is 0 Å². The number of esters is 1. The quantitative estimate of drug-likeness (QED) is 0.309. The number of hydrogen-bond acceptors (Lipinski definition) is 8. The molecule has 1 aliphatic heterocycles. The van der Waals surface area contributed by atoms with E-state index in [0.29, 0.717) is 33.5 Å². The monoisotopic (exact) mass is 457 g/mol. The zero-order chi connectivity index (χ0) is 22.7. The number of hydrogen-bond donors (Lipinski definition) is 2. The van der Waals surface area contributed by atoms with E-state index in [-0.39, 0.29) is 13.4 Å². The fourth-order valence-corrected chi connectivity index (χ4v) is 5.02. The minimum atomic E-state index is -0.948. The number of rotatable bonds is 5. The van der Waals surface area contributed by atoms with Gasteiger partial charge in [-0.3, -0.25) is 9.59 Å². The number of ether oxygens (including phenoxy) is 3. The Bertz CT molecular complexity index is 1090. The van der Waals surface area contributed by atoms with Crippen LogP contribution in [0.5, 0.6) is 11.5 Å². The van der Waals surface area contributed by atoms with Gasteiger partial charge in [-0.2, -0.15) is 5.10 Å². The van der Waals surface area contributed by atoms with Crippen LogP contribution in [0.1, 0.15) is 46.6 Å². The molecule has 2 amide bonds. The first-order chi connectivity index (χ1) is 15.5. The van der Waals surface area contributed by atoms with E-state index in [0.717, 1.165) is 29.7 Å².